The van der Waals surface area contributed by atoms with Gasteiger partial charge in [-0.2, -0.15) is 0 Å². The monoisotopic (exact) mass is 658 g/mol. The molecule has 0 atom stereocenters. The van der Waals surface area contributed by atoms with Crippen molar-refractivity contribution in [3.05, 3.63) is 157 Å². The van der Waals surface area contributed by atoms with Crippen molar-refractivity contribution in [2.45, 2.75) is 19.3 Å². The van der Waals surface area contributed by atoms with Gasteiger partial charge >= 0.3 is 0 Å². The quantitative estimate of drug-likeness (QED) is 0.188. The number of aromatic nitrogens is 1. The van der Waals surface area contributed by atoms with Crippen molar-refractivity contribution in [2.75, 3.05) is 4.90 Å². The van der Waals surface area contributed by atoms with Gasteiger partial charge in [-0.15, -0.1) is 0 Å². The highest BCUT2D eigenvalue weighted by Gasteiger charge is 2.36. The lowest BCUT2D eigenvalue weighted by Gasteiger charge is -2.28. The summed E-state index contributed by atoms with van der Waals surface area (Å²) < 4.78 is 19.5. The van der Waals surface area contributed by atoms with Crippen LogP contribution in [0.4, 0.5) is 17.1 Å². The van der Waals surface area contributed by atoms with E-state index in [0.717, 1.165) is 77.6 Å². The van der Waals surface area contributed by atoms with Gasteiger partial charge in [0.25, 0.3) is 0 Å². The van der Waals surface area contributed by atoms with E-state index < -0.39 is 0 Å². The number of fused-ring (bicyclic) bond motifs is 10. The molecule has 0 spiro atoms. The Morgan fingerprint density at radius 1 is 0.490 bits per heavy atom. The van der Waals surface area contributed by atoms with Gasteiger partial charge in [0.15, 0.2) is 11.2 Å². The van der Waals surface area contributed by atoms with E-state index in [1.807, 2.05) is 48.5 Å². The van der Waals surface area contributed by atoms with Crippen LogP contribution in [0.3, 0.4) is 0 Å². The molecule has 3 aromatic heterocycles. The van der Waals surface area contributed by atoms with Crippen LogP contribution in [0.25, 0.3) is 77.6 Å². The van der Waals surface area contributed by atoms with E-state index in [2.05, 4.69) is 116 Å². The predicted molar refractivity (Wildman–Crippen MR) is 206 cm³/mol. The molecule has 0 radical (unpaired) electrons. The Bertz CT molecular complexity index is 3020. The zero-order valence-electron chi connectivity index (χ0n) is 28.0. The SMILES string of the molecule is CC1(C)c2ccccc2-c2ccc(N(c3ccc4c(c3)oc3ccccc34)c3cccc4c3oc3cc5nc(-c6ccccc6)oc5cc34)cc21. The average Bonchev–Trinajstić information content (AvgIpc) is 3.91. The molecule has 51 heavy (non-hydrogen) atoms. The number of hydrogen-bond acceptors (Lipinski definition) is 5. The van der Waals surface area contributed by atoms with Crippen molar-refractivity contribution < 1.29 is 13.3 Å². The van der Waals surface area contributed by atoms with Crippen LogP contribution in [-0.2, 0) is 5.41 Å². The van der Waals surface area contributed by atoms with Gasteiger partial charge in [0.1, 0.15) is 22.3 Å². The maximum Gasteiger partial charge on any atom is 0.227 e. The summed E-state index contributed by atoms with van der Waals surface area (Å²) in [4.78, 5) is 7.12. The summed E-state index contributed by atoms with van der Waals surface area (Å²) in [6.45, 7) is 4.64. The van der Waals surface area contributed by atoms with Crippen LogP contribution < -0.4 is 4.90 Å². The Balaban J connectivity index is 1.13. The molecular formula is C46H30N2O3. The van der Waals surface area contributed by atoms with E-state index in [1.165, 1.54) is 22.3 Å². The molecule has 242 valence electrons. The molecule has 0 saturated heterocycles. The van der Waals surface area contributed by atoms with Crippen LogP contribution in [0, 0.1) is 0 Å². The van der Waals surface area contributed by atoms with Gasteiger partial charge in [-0.1, -0.05) is 92.7 Å². The number of para-hydroxylation sites is 2. The fourth-order valence-electron chi connectivity index (χ4n) is 8.20. The van der Waals surface area contributed by atoms with Gasteiger partial charge in [-0.25, -0.2) is 4.98 Å². The first-order valence-electron chi connectivity index (χ1n) is 17.3. The van der Waals surface area contributed by atoms with E-state index in [-0.39, 0.29) is 5.41 Å². The van der Waals surface area contributed by atoms with Gasteiger partial charge in [-0.3, -0.25) is 0 Å². The summed E-state index contributed by atoms with van der Waals surface area (Å²) in [5.41, 5.74) is 13.7. The molecule has 1 aliphatic carbocycles. The summed E-state index contributed by atoms with van der Waals surface area (Å²) in [5.74, 6) is 0.595. The normalized spacial score (nSPS) is 13.5. The highest BCUT2D eigenvalue weighted by atomic mass is 16.4. The van der Waals surface area contributed by atoms with Crippen LogP contribution in [-0.4, -0.2) is 4.98 Å². The zero-order chi connectivity index (χ0) is 33.8. The van der Waals surface area contributed by atoms with Crippen LogP contribution >= 0.6 is 0 Å². The second-order valence-corrected chi connectivity index (χ2v) is 14.0. The summed E-state index contributed by atoms with van der Waals surface area (Å²) in [7, 11) is 0. The third-order valence-corrected chi connectivity index (χ3v) is 10.7. The van der Waals surface area contributed by atoms with E-state index in [0.29, 0.717) is 5.89 Å². The molecule has 0 amide bonds. The smallest absolute Gasteiger partial charge is 0.227 e. The van der Waals surface area contributed by atoms with Crippen LogP contribution in [0.2, 0.25) is 0 Å². The molecule has 7 aromatic carbocycles. The lowest BCUT2D eigenvalue weighted by Crippen LogP contribution is -2.16. The largest absolute Gasteiger partial charge is 0.456 e. The molecule has 11 rings (SSSR count). The fraction of sp³-hybridized carbons (Fsp3) is 0.0652. The standard InChI is InChI=1S/C46H30N2O3/c1-46(2)36-16-8-6-13-30(36)31-21-19-28(23-37(31)46)48(29-20-22-33-32-14-7-9-18-40(32)49-41(33)24-29)39-17-10-15-34-35-25-43-38(26-42(35)50-44(34)39)47-45(51-43)27-11-4-3-5-12-27/h3-26H,1-2H3. The third kappa shape index (κ3) is 4.06. The summed E-state index contributed by atoms with van der Waals surface area (Å²) in [6.07, 6.45) is 0. The number of furan rings is 2. The van der Waals surface area contributed by atoms with Crippen LogP contribution in [0.15, 0.2) is 159 Å². The lowest BCUT2D eigenvalue weighted by molar-refractivity contribution is 0.620. The molecule has 10 aromatic rings. The van der Waals surface area contributed by atoms with E-state index >= 15 is 0 Å². The van der Waals surface area contributed by atoms with Gasteiger partial charge < -0.3 is 18.2 Å². The van der Waals surface area contributed by atoms with Crippen molar-refractivity contribution >= 4 is 72.0 Å². The topological polar surface area (TPSA) is 55.6 Å². The number of rotatable bonds is 4. The van der Waals surface area contributed by atoms with Crippen molar-refractivity contribution in [2.24, 2.45) is 0 Å². The Labute approximate surface area is 293 Å². The highest BCUT2D eigenvalue weighted by molar-refractivity contribution is 6.13. The van der Waals surface area contributed by atoms with Gasteiger partial charge in [0, 0.05) is 50.3 Å². The number of oxazole rings is 1. The van der Waals surface area contributed by atoms with Crippen molar-refractivity contribution in [1.29, 1.82) is 0 Å². The summed E-state index contributed by atoms with van der Waals surface area (Å²) >= 11 is 0. The molecule has 1 aliphatic rings. The predicted octanol–water partition coefficient (Wildman–Crippen LogP) is 13.1. The lowest BCUT2D eigenvalue weighted by atomic mass is 9.82. The Morgan fingerprint density at radius 3 is 2.14 bits per heavy atom. The van der Waals surface area contributed by atoms with Gasteiger partial charge in [-0.05, 0) is 76.9 Å². The van der Waals surface area contributed by atoms with E-state index in [4.69, 9.17) is 18.2 Å². The fourth-order valence-corrected chi connectivity index (χ4v) is 8.20. The second kappa shape index (κ2) is 10.2. The number of hydrogen-bond donors (Lipinski definition) is 0. The molecule has 0 unspecified atom stereocenters. The Morgan fingerprint density at radius 2 is 1.22 bits per heavy atom. The maximum absolute atomic E-state index is 6.80. The second-order valence-electron chi connectivity index (χ2n) is 14.0. The zero-order valence-corrected chi connectivity index (χ0v) is 28.0. The molecule has 0 fully saturated rings. The minimum absolute atomic E-state index is 0.151. The molecule has 0 aliphatic heterocycles. The maximum atomic E-state index is 6.80. The van der Waals surface area contributed by atoms with Gasteiger partial charge in [0.05, 0.1) is 11.4 Å². The molecule has 5 nitrogen and oxygen atoms in total. The van der Waals surface area contributed by atoms with Gasteiger partial charge in [0.2, 0.25) is 5.89 Å². The number of anilines is 3. The van der Waals surface area contributed by atoms with Crippen LogP contribution in [0.1, 0.15) is 25.0 Å². The first-order chi connectivity index (χ1) is 25.0. The highest BCUT2D eigenvalue weighted by Crippen LogP contribution is 2.51. The molecule has 0 N–H and O–H groups in total. The third-order valence-electron chi connectivity index (χ3n) is 10.7. The van der Waals surface area contributed by atoms with Crippen LogP contribution in [0.5, 0.6) is 0 Å². The number of benzene rings is 7. The first kappa shape index (κ1) is 28.3. The minimum Gasteiger partial charge on any atom is -0.456 e. The van der Waals surface area contributed by atoms with E-state index in [9.17, 15) is 0 Å². The minimum atomic E-state index is -0.151. The average molecular weight is 659 g/mol. The molecule has 3 heterocycles. The Hall–Kier alpha value is -6.59. The molecule has 5 heteroatoms. The first-order valence-corrected chi connectivity index (χ1v) is 17.3. The Kier molecular flexibility index (Phi) is 5.66. The van der Waals surface area contributed by atoms with Crippen molar-refractivity contribution in [1.82, 2.24) is 4.98 Å². The van der Waals surface area contributed by atoms with Crippen molar-refractivity contribution in [3.8, 4) is 22.6 Å². The van der Waals surface area contributed by atoms with Crippen molar-refractivity contribution in [3.63, 3.8) is 0 Å². The summed E-state index contributed by atoms with van der Waals surface area (Å²) in [5, 5.41) is 4.18. The van der Waals surface area contributed by atoms with E-state index in [1.54, 1.807) is 0 Å². The molecular weight excluding hydrogens is 629 g/mol. The molecule has 0 bridgehead atoms. The number of nitrogens with zero attached hydrogens (tertiary/aromatic N) is 2. The summed E-state index contributed by atoms with van der Waals surface area (Å²) in [6, 6.07) is 50.7. The molecule has 0 saturated carbocycles.